The second-order valence-electron chi connectivity index (χ2n) is 4.64. The molecule has 3 heteroatoms. The van der Waals surface area contributed by atoms with E-state index in [1.807, 2.05) is 0 Å². The summed E-state index contributed by atoms with van der Waals surface area (Å²) in [5.41, 5.74) is 8.47. The van der Waals surface area contributed by atoms with Crippen LogP contribution in [0.25, 0.3) is 0 Å². The van der Waals surface area contributed by atoms with Crippen molar-refractivity contribution in [1.82, 2.24) is 10.2 Å². The first-order chi connectivity index (χ1) is 8.17. The monoisotopic (exact) mass is 235 g/mol. The van der Waals surface area contributed by atoms with Gasteiger partial charge in [0.05, 0.1) is 0 Å². The lowest BCUT2D eigenvalue weighted by atomic mass is 10.0. The van der Waals surface area contributed by atoms with Crippen LogP contribution in [-0.2, 0) is 6.42 Å². The average molecular weight is 235 g/mol. The van der Waals surface area contributed by atoms with Crippen LogP contribution < -0.4 is 11.1 Å². The molecule has 0 saturated heterocycles. The number of nitrogens with one attached hydrogen (secondary N) is 1. The van der Waals surface area contributed by atoms with E-state index in [0.717, 1.165) is 19.5 Å². The number of rotatable bonds is 7. The summed E-state index contributed by atoms with van der Waals surface area (Å²) < 4.78 is 0. The van der Waals surface area contributed by atoms with Crippen LogP contribution >= 0.6 is 0 Å². The average Bonchev–Trinajstić information content (AvgIpc) is 2.34. The molecule has 0 saturated carbocycles. The Kier molecular flexibility index (Phi) is 6.19. The van der Waals surface area contributed by atoms with Crippen molar-refractivity contribution in [3.8, 4) is 0 Å². The summed E-state index contributed by atoms with van der Waals surface area (Å²) in [6.07, 6.45) is 1.08. The Labute approximate surface area is 105 Å². The predicted octanol–water partition coefficient (Wildman–Crippen LogP) is 1.40. The molecule has 1 atom stereocenters. The molecular weight excluding hydrogens is 210 g/mol. The van der Waals surface area contributed by atoms with Crippen molar-refractivity contribution in [2.24, 2.45) is 5.73 Å². The highest BCUT2D eigenvalue weighted by Gasteiger charge is 2.08. The lowest BCUT2D eigenvalue weighted by molar-refractivity contribution is 0.385. The fourth-order valence-corrected chi connectivity index (χ4v) is 1.79. The first kappa shape index (κ1) is 14.2. The maximum Gasteiger partial charge on any atom is 0.0444 e. The third-order valence-corrected chi connectivity index (χ3v) is 2.98. The van der Waals surface area contributed by atoms with E-state index in [1.165, 1.54) is 11.1 Å². The van der Waals surface area contributed by atoms with Crippen LogP contribution in [-0.4, -0.2) is 38.6 Å². The second-order valence-corrected chi connectivity index (χ2v) is 4.64. The normalized spacial score (nSPS) is 13.0. The number of aryl methyl sites for hydroxylation is 1. The molecule has 1 aromatic rings. The van der Waals surface area contributed by atoms with Crippen LogP contribution in [0.2, 0.25) is 0 Å². The molecule has 3 nitrogen and oxygen atoms in total. The highest BCUT2D eigenvalue weighted by atomic mass is 15.1. The van der Waals surface area contributed by atoms with E-state index in [0.29, 0.717) is 6.54 Å². The molecule has 0 amide bonds. The zero-order chi connectivity index (χ0) is 12.7. The van der Waals surface area contributed by atoms with E-state index in [4.69, 9.17) is 5.73 Å². The molecule has 17 heavy (non-hydrogen) atoms. The van der Waals surface area contributed by atoms with E-state index >= 15 is 0 Å². The van der Waals surface area contributed by atoms with Crippen molar-refractivity contribution in [3.05, 3.63) is 35.4 Å². The standard InChI is InChI=1S/C14H25N3/c1-4-12-5-7-13(8-6-12)14(11-15)16-9-10-17(2)3/h5-8,14,16H,4,9-11,15H2,1-3H3. The van der Waals surface area contributed by atoms with Gasteiger partial charge in [0.25, 0.3) is 0 Å². The maximum absolute atomic E-state index is 5.82. The topological polar surface area (TPSA) is 41.3 Å². The molecule has 0 radical (unpaired) electrons. The van der Waals surface area contributed by atoms with Crippen molar-refractivity contribution in [1.29, 1.82) is 0 Å². The molecule has 1 rings (SSSR count). The molecule has 0 bridgehead atoms. The van der Waals surface area contributed by atoms with Gasteiger partial charge in [-0.25, -0.2) is 0 Å². The quantitative estimate of drug-likeness (QED) is 0.750. The summed E-state index contributed by atoms with van der Waals surface area (Å²) in [6.45, 7) is 4.80. The predicted molar refractivity (Wildman–Crippen MR) is 74.2 cm³/mol. The summed E-state index contributed by atoms with van der Waals surface area (Å²) >= 11 is 0. The van der Waals surface area contributed by atoms with E-state index in [9.17, 15) is 0 Å². The van der Waals surface area contributed by atoms with Crippen molar-refractivity contribution >= 4 is 0 Å². The van der Waals surface area contributed by atoms with Crippen LogP contribution in [0.1, 0.15) is 24.1 Å². The zero-order valence-corrected chi connectivity index (χ0v) is 11.2. The molecule has 96 valence electrons. The van der Waals surface area contributed by atoms with Gasteiger partial charge in [-0.2, -0.15) is 0 Å². The molecule has 1 unspecified atom stereocenters. The van der Waals surface area contributed by atoms with Gasteiger partial charge in [-0.15, -0.1) is 0 Å². The van der Waals surface area contributed by atoms with Crippen molar-refractivity contribution < 1.29 is 0 Å². The van der Waals surface area contributed by atoms with Crippen molar-refractivity contribution in [2.75, 3.05) is 33.7 Å². The summed E-state index contributed by atoms with van der Waals surface area (Å²) in [7, 11) is 4.16. The minimum Gasteiger partial charge on any atom is -0.329 e. The number of hydrogen-bond donors (Lipinski definition) is 2. The maximum atomic E-state index is 5.82. The van der Waals surface area contributed by atoms with Gasteiger partial charge in [0, 0.05) is 25.7 Å². The molecule has 3 N–H and O–H groups in total. The lowest BCUT2D eigenvalue weighted by Crippen LogP contribution is -2.33. The van der Waals surface area contributed by atoms with E-state index in [-0.39, 0.29) is 6.04 Å². The van der Waals surface area contributed by atoms with Crippen LogP contribution in [0.3, 0.4) is 0 Å². The van der Waals surface area contributed by atoms with Crippen LogP contribution in [0.15, 0.2) is 24.3 Å². The Bertz CT molecular complexity index is 306. The number of nitrogens with zero attached hydrogens (tertiary/aromatic N) is 1. The molecule has 0 aliphatic carbocycles. The first-order valence-electron chi connectivity index (χ1n) is 6.34. The first-order valence-corrected chi connectivity index (χ1v) is 6.34. The third-order valence-electron chi connectivity index (χ3n) is 2.98. The molecule has 0 spiro atoms. The number of hydrogen-bond acceptors (Lipinski definition) is 3. The van der Waals surface area contributed by atoms with Gasteiger partial charge < -0.3 is 16.0 Å². The van der Waals surface area contributed by atoms with Gasteiger partial charge in [0.2, 0.25) is 0 Å². The number of benzene rings is 1. The Hall–Kier alpha value is -0.900. The molecule has 0 aliphatic rings. The Balaban J connectivity index is 2.53. The molecule has 0 heterocycles. The minimum atomic E-state index is 0.265. The van der Waals surface area contributed by atoms with Crippen molar-refractivity contribution in [2.45, 2.75) is 19.4 Å². The highest BCUT2D eigenvalue weighted by molar-refractivity contribution is 5.25. The van der Waals surface area contributed by atoms with E-state index < -0.39 is 0 Å². The highest BCUT2D eigenvalue weighted by Crippen LogP contribution is 2.13. The Morgan fingerprint density at radius 1 is 1.24 bits per heavy atom. The van der Waals surface area contributed by atoms with Crippen molar-refractivity contribution in [3.63, 3.8) is 0 Å². The molecule has 1 aromatic carbocycles. The summed E-state index contributed by atoms with van der Waals surface area (Å²) in [5, 5.41) is 3.49. The summed E-state index contributed by atoms with van der Waals surface area (Å²) in [4.78, 5) is 2.17. The van der Waals surface area contributed by atoms with Gasteiger partial charge >= 0.3 is 0 Å². The third kappa shape index (κ3) is 4.86. The Morgan fingerprint density at radius 2 is 1.88 bits per heavy atom. The number of likely N-dealkylation sites (N-methyl/N-ethyl adjacent to an activating group) is 1. The lowest BCUT2D eigenvalue weighted by Gasteiger charge is -2.19. The van der Waals surface area contributed by atoms with Gasteiger partial charge in [0.15, 0.2) is 0 Å². The van der Waals surface area contributed by atoms with Crippen LogP contribution in [0, 0.1) is 0 Å². The number of nitrogens with two attached hydrogens (primary N) is 1. The SMILES string of the molecule is CCc1ccc(C(CN)NCCN(C)C)cc1. The second kappa shape index (κ2) is 7.43. The smallest absolute Gasteiger partial charge is 0.0444 e. The molecule has 0 fully saturated rings. The molecule has 0 aromatic heterocycles. The van der Waals surface area contributed by atoms with E-state index in [2.05, 4.69) is 55.5 Å². The summed E-state index contributed by atoms with van der Waals surface area (Å²) in [6, 6.07) is 9.00. The van der Waals surface area contributed by atoms with Gasteiger partial charge in [-0.1, -0.05) is 31.2 Å². The van der Waals surface area contributed by atoms with Gasteiger partial charge in [-0.3, -0.25) is 0 Å². The molecular formula is C14H25N3. The zero-order valence-electron chi connectivity index (χ0n) is 11.2. The van der Waals surface area contributed by atoms with Gasteiger partial charge in [-0.05, 0) is 31.6 Å². The van der Waals surface area contributed by atoms with Crippen LogP contribution in [0.4, 0.5) is 0 Å². The van der Waals surface area contributed by atoms with Crippen LogP contribution in [0.5, 0.6) is 0 Å². The summed E-state index contributed by atoms with van der Waals surface area (Å²) in [5.74, 6) is 0. The largest absolute Gasteiger partial charge is 0.329 e. The molecule has 0 aliphatic heterocycles. The fourth-order valence-electron chi connectivity index (χ4n) is 1.79. The van der Waals surface area contributed by atoms with E-state index in [1.54, 1.807) is 0 Å². The Morgan fingerprint density at radius 3 is 2.35 bits per heavy atom. The fraction of sp³-hybridized carbons (Fsp3) is 0.571. The minimum absolute atomic E-state index is 0.265. The van der Waals surface area contributed by atoms with Gasteiger partial charge in [0.1, 0.15) is 0 Å².